The molecular formula is C13H19BrFNO2S. The maximum absolute atomic E-state index is 13.0. The molecule has 0 bridgehead atoms. The van der Waals surface area contributed by atoms with Crippen molar-refractivity contribution in [3.63, 3.8) is 0 Å². The van der Waals surface area contributed by atoms with Gasteiger partial charge < -0.3 is 0 Å². The molecule has 108 valence electrons. The molecule has 0 aliphatic heterocycles. The van der Waals surface area contributed by atoms with E-state index in [1.807, 2.05) is 27.7 Å². The standard InChI is InChI=1S/C13H19BrFNO2S/c1-9(2)13(3,4)8-16-19(17,18)12-6-5-10(15)7-11(12)14/h5-7,9,16H,8H2,1-4H3. The molecule has 19 heavy (non-hydrogen) atoms. The molecule has 0 heterocycles. The van der Waals surface area contributed by atoms with Gasteiger partial charge in [-0.2, -0.15) is 0 Å². The molecule has 0 amide bonds. The summed E-state index contributed by atoms with van der Waals surface area (Å²) in [5, 5.41) is 0. The summed E-state index contributed by atoms with van der Waals surface area (Å²) in [5.41, 5.74) is -0.153. The van der Waals surface area contributed by atoms with Crippen LogP contribution < -0.4 is 4.72 Å². The topological polar surface area (TPSA) is 46.2 Å². The van der Waals surface area contributed by atoms with Gasteiger partial charge in [-0.25, -0.2) is 17.5 Å². The minimum atomic E-state index is -3.64. The third kappa shape index (κ3) is 4.26. The summed E-state index contributed by atoms with van der Waals surface area (Å²) < 4.78 is 40.1. The Balaban J connectivity index is 2.94. The van der Waals surface area contributed by atoms with Gasteiger partial charge in [0.2, 0.25) is 10.0 Å². The maximum atomic E-state index is 13.0. The fourth-order valence-electron chi connectivity index (χ4n) is 1.26. The van der Waals surface area contributed by atoms with Crippen LogP contribution in [0.3, 0.4) is 0 Å². The molecule has 0 aromatic heterocycles. The second-order valence-electron chi connectivity index (χ2n) is 5.54. The van der Waals surface area contributed by atoms with Crippen molar-refractivity contribution >= 4 is 26.0 Å². The van der Waals surface area contributed by atoms with Crippen LogP contribution in [-0.2, 0) is 10.0 Å². The molecule has 0 aliphatic rings. The van der Waals surface area contributed by atoms with Crippen LogP contribution in [0.15, 0.2) is 27.6 Å². The highest BCUT2D eigenvalue weighted by atomic mass is 79.9. The summed E-state index contributed by atoms with van der Waals surface area (Å²) in [5.74, 6) is -0.139. The summed E-state index contributed by atoms with van der Waals surface area (Å²) in [6.45, 7) is 8.42. The van der Waals surface area contributed by atoms with Gasteiger partial charge in [0.1, 0.15) is 5.82 Å². The molecule has 1 aromatic rings. The van der Waals surface area contributed by atoms with Gasteiger partial charge in [-0.3, -0.25) is 0 Å². The van der Waals surface area contributed by atoms with Crippen molar-refractivity contribution in [3.05, 3.63) is 28.5 Å². The SMILES string of the molecule is CC(C)C(C)(C)CNS(=O)(=O)c1ccc(F)cc1Br. The van der Waals surface area contributed by atoms with E-state index in [0.29, 0.717) is 12.5 Å². The highest BCUT2D eigenvalue weighted by molar-refractivity contribution is 9.10. The Morgan fingerprint density at radius 2 is 1.95 bits per heavy atom. The number of nitrogens with one attached hydrogen (secondary N) is 1. The van der Waals surface area contributed by atoms with Crippen LogP contribution in [0.2, 0.25) is 0 Å². The van der Waals surface area contributed by atoms with Crippen LogP contribution in [0.25, 0.3) is 0 Å². The first-order valence-electron chi connectivity index (χ1n) is 6.01. The molecule has 1 N–H and O–H groups in total. The van der Waals surface area contributed by atoms with Crippen molar-refractivity contribution in [1.29, 1.82) is 0 Å². The fraction of sp³-hybridized carbons (Fsp3) is 0.538. The quantitative estimate of drug-likeness (QED) is 0.881. The zero-order valence-electron chi connectivity index (χ0n) is 11.5. The molecule has 1 rings (SSSR count). The molecule has 0 aliphatic carbocycles. The first-order valence-corrected chi connectivity index (χ1v) is 8.28. The minimum Gasteiger partial charge on any atom is -0.211 e. The van der Waals surface area contributed by atoms with Gasteiger partial charge in [-0.15, -0.1) is 0 Å². The number of sulfonamides is 1. The zero-order valence-corrected chi connectivity index (χ0v) is 13.9. The molecule has 0 fully saturated rings. The Kier molecular flexibility index (Phi) is 5.15. The van der Waals surface area contributed by atoms with Crippen molar-refractivity contribution in [2.24, 2.45) is 11.3 Å². The molecule has 0 saturated carbocycles. The molecule has 0 unspecified atom stereocenters. The average molecular weight is 352 g/mol. The highest BCUT2D eigenvalue weighted by Crippen LogP contribution is 2.27. The highest BCUT2D eigenvalue weighted by Gasteiger charge is 2.26. The summed E-state index contributed by atoms with van der Waals surface area (Å²) in [6, 6.07) is 3.53. The predicted molar refractivity (Wildman–Crippen MR) is 77.9 cm³/mol. The number of halogens is 2. The second-order valence-corrected chi connectivity index (χ2v) is 8.13. The molecule has 1 aromatic carbocycles. The Bertz CT molecular complexity index is 556. The van der Waals surface area contributed by atoms with E-state index in [9.17, 15) is 12.8 Å². The smallest absolute Gasteiger partial charge is 0.211 e. The van der Waals surface area contributed by atoms with Crippen molar-refractivity contribution in [2.45, 2.75) is 32.6 Å². The largest absolute Gasteiger partial charge is 0.241 e. The summed E-state index contributed by atoms with van der Waals surface area (Å²) in [7, 11) is -3.64. The number of hydrogen-bond donors (Lipinski definition) is 1. The predicted octanol–water partition coefficient (Wildman–Crippen LogP) is 3.55. The Labute approximate surface area is 122 Å². The van der Waals surface area contributed by atoms with Crippen molar-refractivity contribution < 1.29 is 12.8 Å². The molecule has 0 radical (unpaired) electrons. The van der Waals surface area contributed by atoms with E-state index in [1.54, 1.807) is 0 Å². The van der Waals surface area contributed by atoms with E-state index in [4.69, 9.17) is 0 Å². The van der Waals surface area contributed by atoms with Gasteiger partial charge in [-0.05, 0) is 45.5 Å². The Hall–Kier alpha value is -0.460. The van der Waals surface area contributed by atoms with Crippen LogP contribution in [0.4, 0.5) is 4.39 Å². The third-order valence-corrected chi connectivity index (χ3v) is 5.84. The first kappa shape index (κ1) is 16.6. The van der Waals surface area contributed by atoms with Crippen LogP contribution in [-0.4, -0.2) is 15.0 Å². The molecular weight excluding hydrogens is 333 g/mol. The average Bonchev–Trinajstić information content (AvgIpc) is 2.26. The Morgan fingerprint density at radius 3 is 2.42 bits per heavy atom. The van der Waals surface area contributed by atoms with Gasteiger partial charge in [0.25, 0.3) is 0 Å². The van der Waals surface area contributed by atoms with Crippen LogP contribution in [0, 0.1) is 17.2 Å². The zero-order chi connectivity index (χ0) is 14.8. The van der Waals surface area contributed by atoms with Crippen LogP contribution in [0.1, 0.15) is 27.7 Å². The van der Waals surface area contributed by atoms with Crippen molar-refractivity contribution in [1.82, 2.24) is 4.72 Å². The minimum absolute atomic E-state index is 0.0495. The Morgan fingerprint density at radius 1 is 1.37 bits per heavy atom. The van der Waals surface area contributed by atoms with E-state index in [-0.39, 0.29) is 14.8 Å². The van der Waals surface area contributed by atoms with Gasteiger partial charge in [0.05, 0.1) is 4.90 Å². The number of benzene rings is 1. The summed E-state index contributed by atoms with van der Waals surface area (Å²) >= 11 is 3.07. The lowest BCUT2D eigenvalue weighted by Gasteiger charge is -2.29. The van der Waals surface area contributed by atoms with Gasteiger partial charge in [-0.1, -0.05) is 27.7 Å². The number of hydrogen-bond acceptors (Lipinski definition) is 2. The summed E-state index contributed by atoms with van der Waals surface area (Å²) in [4.78, 5) is 0.0495. The molecule has 0 atom stereocenters. The van der Waals surface area contributed by atoms with E-state index in [0.717, 1.165) is 12.1 Å². The first-order chi connectivity index (χ1) is 8.56. The normalized spacial score (nSPS) is 13.0. The van der Waals surface area contributed by atoms with Gasteiger partial charge in [0, 0.05) is 11.0 Å². The maximum Gasteiger partial charge on any atom is 0.241 e. The molecule has 0 saturated heterocycles. The monoisotopic (exact) mass is 351 g/mol. The molecule has 3 nitrogen and oxygen atoms in total. The van der Waals surface area contributed by atoms with E-state index in [1.165, 1.54) is 6.07 Å². The fourth-order valence-corrected chi connectivity index (χ4v) is 3.53. The molecule has 6 heteroatoms. The van der Waals surface area contributed by atoms with Crippen molar-refractivity contribution in [3.8, 4) is 0 Å². The lowest BCUT2D eigenvalue weighted by atomic mass is 9.81. The second kappa shape index (κ2) is 5.89. The van der Waals surface area contributed by atoms with E-state index < -0.39 is 15.8 Å². The lowest BCUT2D eigenvalue weighted by molar-refractivity contribution is 0.252. The van der Waals surface area contributed by atoms with Crippen molar-refractivity contribution in [2.75, 3.05) is 6.54 Å². The van der Waals surface area contributed by atoms with Gasteiger partial charge in [0.15, 0.2) is 0 Å². The molecule has 0 spiro atoms. The summed E-state index contributed by atoms with van der Waals surface area (Å²) in [6.07, 6.45) is 0. The number of rotatable bonds is 5. The third-order valence-electron chi connectivity index (χ3n) is 3.46. The van der Waals surface area contributed by atoms with E-state index >= 15 is 0 Å². The van der Waals surface area contributed by atoms with Crippen LogP contribution >= 0.6 is 15.9 Å². The van der Waals surface area contributed by atoms with Gasteiger partial charge >= 0.3 is 0 Å². The van der Waals surface area contributed by atoms with E-state index in [2.05, 4.69) is 20.7 Å². The lowest BCUT2D eigenvalue weighted by Crippen LogP contribution is -2.37. The van der Waals surface area contributed by atoms with Crippen LogP contribution in [0.5, 0.6) is 0 Å².